The fourth-order valence-electron chi connectivity index (χ4n) is 4.82. The van der Waals surface area contributed by atoms with E-state index in [1.165, 1.54) is 35.2 Å². The Hall–Kier alpha value is -3.27. The van der Waals surface area contributed by atoms with E-state index in [1.54, 1.807) is 30.3 Å². The van der Waals surface area contributed by atoms with Gasteiger partial charge >= 0.3 is 0 Å². The number of carbonyl (C=O) groups is 2. The molecule has 1 N–H and O–H groups in total. The largest absolute Gasteiger partial charge is 0.352 e. The number of halogens is 4. The van der Waals surface area contributed by atoms with Gasteiger partial charge in [0.25, 0.3) is 10.0 Å². The number of anilines is 1. The van der Waals surface area contributed by atoms with Crippen LogP contribution in [0.2, 0.25) is 20.1 Å². The molecule has 0 spiro atoms. The molecule has 0 unspecified atom stereocenters. The number of benzene rings is 4. The Balaban J connectivity index is 1.85. The second-order valence-corrected chi connectivity index (χ2v) is 14.7. The van der Waals surface area contributed by atoms with Crippen molar-refractivity contribution in [1.29, 1.82) is 0 Å². The molecule has 0 saturated heterocycles. The van der Waals surface area contributed by atoms with Gasteiger partial charge in [-0.1, -0.05) is 100 Å². The van der Waals surface area contributed by atoms with Crippen molar-refractivity contribution in [3.8, 4) is 0 Å². The highest BCUT2D eigenvalue weighted by molar-refractivity contribution is 7.92. The minimum Gasteiger partial charge on any atom is -0.352 e. The van der Waals surface area contributed by atoms with Crippen LogP contribution in [0.4, 0.5) is 5.69 Å². The number of hydrogen-bond donors (Lipinski definition) is 1. The van der Waals surface area contributed by atoms with Crippen molar-refractivity contribution in [2.45, 2.75) is 50.7 Å². The molecular weight excluding hydrogens is 688 g/mol. The standard InChI is InChI=1S/C34H33Cl4N3O4S/c1-22(2)39-34(43)32(15-24-7-5-4-6-8-24)40(20-25-11-12-26(35)19-31(25)38)33(42)21-41(29-17-27(36)16-28(37)18-29)46(44,45)30-13-9-23(3)10-14-30/h4-14,16-19,22,32H,15,20-21H2,1-3H3,(H,39,43)/t32-/m1/s1. The Morgan fingerprint density at radius 2 is 1.43 bits per heavy atom. The van der Waals surface area contributed by atoms with Gasteiger partial charge in [0.15, 0.2) is 0 Å². The first-order chi connectivity index (χ1) is 21.7. The maximum absolute atomic E-state index is 14.5. The number of nitrogens with one attached hydrogen (secondary N) is 1. The third-order valence-corrected chi connectivity index (χ3v) is 9.89. The number of aryl methyl sites for hydroxylation is 1. The number of rotatable bonds is 12. The smallest absolute Gasteiger partial charge is 0.264 e. The van der Waals surface area contributed by atoms with Gasteiger partial charge in [-0.3, -0.25) is 13.9 Å². The zero-order chi connectivity index (χ0) is 33.6. The lowest BCUT2D eigenvalue weighted by Crippen LogP contribution is -2.54. The molecule has 2 amide bonds. The van der Waals surface area contributed by atoms with Gasteiger partial charge in [0.05, 0.1) is 10.6 Å². The normalized spacial score (nSPS) is 12.1. The molecule has 4 rings (SSSR count). The van der Waals surface area contributed by atoms with E-state index in [4.69, 9.17) is 46.4 Å². The first kappa shape index (κ1) is 35.6. The first-order valence-corrected chi connectivity index (χ1v) is 17.3. The van der Waals surface area contributed by atoms with Gasteiger partial charge in [0.2, 0.25) is 11.8 Å². The monoisotopic (exact) mass is 719 g/mol. The molecular formula is C34H33Cl4N3O4S. The third-order valence-electron chi connectivity index (χ3n) is 7.08. The van der Waals surface area contributed by atoms with Crippen LogP contribution in [0.3, 0.4) is 0 Å². The lowest BCUT2D eigenvalue weighted by molar-refractivity contribution is -0.140. The Morgan fingerprint density at radius 3 is 2.02 bits per heavy atom. The fourth-order valence-corrected chi connectivity index (χ4v) is 7.20. The molecule has 0 fully saturated rings. The molecule has 242 valence electrons. The topological polar surface area (TPSA) is 86.8 Å². The molecule has 4 aromatic carbocycles. The van der Waals surface area contributed by atoms with Gasteiger partial charge in [-0.05, 0) is 74.4 Å². The van der Waals surface area contributed by atoms with Crippen molar-refractivity contribution in [2.75, 3.05) is 10.8 Å². The average Bonchev–Trinajstić information content (AvgIpc) is 2.98. The molecule has 0 aliphatic heterocycles. The van der Waals surface area contributed by atoms with Crippen molar-refractivity contribution in [3.63, 3.8) is 0 Å². The molecule has 1 atom stereocenters. The summed E-state index contributed by atoms with van der Waals surface area (Å²) in [6.45, 7) is 4.70. The van der Waals surface area contributed by atoms with E-state index in [2.05, 4.69) is 5.32 Å². The Kier molecular flexibility index (Phi) is 12.0. The molecule has 0 heterocycles. The summed E-state index contributed by atoms with van der Waals surface area (Å²) in [6, 6.07) is 23.4. The van der Waals surface area contributed by atoms with Crippen LogP contribution in [0.15, 0.2) is 95.9 Å². The number of nitrogens with zero attached hydrogens (tertiary/aromatic N) is 2. The van der Waals surface area contributed by atoms with Crippen molar-refractivity contribution in [3.05, 3.63) is 128 Å². The SMILES string of the molecule is Cc1ccc(S(=O)(=O)N(CC(=O)N(Cc2ccc(Cl)cc2Cl)[C@H](Cc2ccccc2)C(=O)NC(C)C)c2cc(Cl)cc(Cl)c2)cc1. The third kappa shape index (κ3) is 9.17. The predicted molar refractivity (Wildman–Crippen MR) is 186 cm³/mol. The van der Waals surface area contributed by atoms with Crippen LogP contribution in [-0.4, -0.2) is 43.8 Å². The second-order valence-electron chi connectivity index (χ2n) is 11.1. The molecule has 0 radical (unpaired) electrons. The first-order valence-electron chi connectivity index (χ1n) is 14.4. The van der Waals surface area contributed by atoms with Crippen LogP contribution < -0.4 is 9.62 Å². The number of sulfonamides is 1. The van der Waals surface area contributed by atoms with E-state index < -0.39 is 34.4 Å². The van der Waals surface area contributed by atoms with Gasteiger partial charge in [-0.15, -0.1) is 0 Å². The average molecular weight is 722 g/mol. The zero-order valence-electron chi connectivity index (χ0n) is 25.4. The van der Waals surface area contributed by atoms with E-state index in [0.29, 0.717) is 15.6 Å². The second kappa shape index (κ2) is 15.5. The van der Waals surface area contributed by atoms with Crippen LogP contribution in [0.5, 0.6) is 0 Å². The van der Waals surface area contributed by atoms with Crippen molar-refractivity contribution in [1.82, 2.24) is 10.2 Å². The van der Waals surface area contributed by atoms with Gasteiger partial charge in [0, 0.05) is 39.1 Å². The van der Waals surface area contributed by atoms with E-state index >= 15 is 0 Å². The Morgan fingerprint density at radius 1 is 0.804 bits per heavy atom. The minimum absolute atomic E-state index is 0.0346. The Labute approximate surface area is 290 Å². The van der Waals surface area contributed by atoms with Crippen molar-refractivity contribution >= 4 is 73.9 Å². The van der Waals surface area contributed by atoms with Gasteiger partial charge in [-0.25, -0.2) is 8.42 Å². The van der Waals surface area contributed by atoms with Crippen molar-refractivity contribution < 1.29 is 18.0 Å². The van der Waals surface area contributed by atoms with Crippen LogP contribution in [0, 0.1) is 6.92 Å². The quantitative estimate of drug-likeness (QED) is 0.161. The predicted octanol–water partition coefficient (Wildman–Crippen LogP) is 7.97. The molecule has 0 aromatic heterocycles. The van der Waals surface area contributed by atoms with E-state index in [0.717, 1.165) is 15.4 Å². The molecule has 7 nitrogen and oxygen atoms in total. The summed E-state index contributed by atoms with van der Waals surface area (Å²) in [5, 5.41) is 3.97. The van der Waals surface area contributed by atoms with E-state index in [9.17, 15) is 18.0 Å². The molecule has 0 bridgehead atoms. The van der Waals surface area contributed by atoms with E-state index in [1.807, 2.05) is 51.1 Å². The molecule has 0 aliphatic carbocycles. The van der Waals surface area contributed by atoms with Gasteiger partial charge in [0.1, 0.15) is 12.6 Å². The number of carbonyl (C=O) groups excluding carboxylic acids is 2. The molecule has 0 saturated carbocycles. The van der Waals surface area contributed by atoms with E-state index in [-0.39, 0.29) is 39.6 Å². The summed E-state index contributed by atoms with van der Waals surface area (Å²) in [7, 11) is -4.32. The summed E-state index contributed by atoms with van der Waals surface area (Å²) in [6.07, 6.45) is 0.157. The molecule has 46 heavy (non-hydrogen) atoms. The molecule has 0 aliphatic rings. The lowest BCUT2D eigenvalue weighted by atomic mass is 10.0. The van der Waals surface area contributed by atoms with Crippen LogP contribution in [0.1, 0.15) is 30.5 Å². The summed E-state index contributed by atoms with van der Waals surface area (Å²) in [5.74, 6) is -1.06. The summed E-state index contributed by atoms with van der Waals surface area (Å²) < 4.78 is 29.3. The summed E-state index contributed by atoms with van der Waals surface area (Å²) >= 11 is 25.3. The highest BCUT2D eigenvalue weighted by atomic mass is 35.5. The Bertz CT molecular complexity index is 1780. The number of hydrogen-bond acceptors (Lipinski definition) is 4. The van der Waals surface area contributed by atoms with Crippen LogP contribution in [0.25, 0.3) is 0 Å². The highest BCUT2D eigenvalue weighted by Gasteiger charge is 2.35. The maximum Gasteiger partial charge on any atom is 0.264 e. The summed E-state index contributed by atoms with van der Waals surface area (Å²) in [5.41, 5.74) is 2.27. The van der Waals surface area contributed by atoms with Crippen LogP contribution >= 0.6 is 46.4 Å². The van der Waals surface area contributed by atoms with Crippen molar-refractivity contribution in [2.24, 2.45) is 0 Å². The maximum atomic E-state index is 14.5. The highest BCUT2D eigenvalue weighted by Crippen LogP contribution is 2.31. The minimum atomic E-state index is -4.32. The summed E-state index contributed by atoms with van der Waals surface area (Å²) in [4.78, 5) is 29.7. The zero-order valence-corrected chi connectivity index (χ0v) is 29.2. The molecule has 4 aromatic rings. The fraction of sp³-hybridized carbons (Fsp3) is 0.235. The lowest BCUT2D eigenvalue weighted by Gasteiger charge is -2.34. The van der Waals surface area contributed by atoms with Crippen LogP contribution in [-0.2, 0) is 32.6 Å². The van der Waals surface area contributed by atoms with Gasteiger partial charge < -0.3 is 10.2 Å². The molecule has 12 heteroatoms. The number of amides is 2. The van der Waals surface area contributed by atoms with Gasteiger partial charge in [-0.2, -0.15) is 0 Å².